The average Bonchev–Trinajstić information content (AvgIpc) is 3.49. The van der Waals surface area contributed by atoms with E-state index in [1.165, 1.54) is 12.1 Å². The van der Waals surface area contributed by atoms with E-state index in [4.69, 9.17) is 9.26 Å². The van der Waals surface area contributed by atoms with Crippen molar-refractivity contribution in [3.05, 3.63) is 71.4 Å². The second-order valence-corrected chi connectivity index (χ2v) is 7.38. The largest absolute Gasteiger partial charge is 0.461 e. The number of likely N-dealkylation sites (tertiary alicyclic amines) is 1. The number of esters is 1. The summed E-state index contributed by atoms with van der Waals surface area (Å²) in [5, 5.41) is 3.85. The molecule has 0 unspecified atom stereocenters. The molecule has 1 fully saturated rings. The maximum absolute atomic E-state index is 13.0. The molecule has 2 aromatic carbocycles. The van der Waals surface area contributed by atoms with Gasteiger partial charge in [-0.3, -0.25) is 9.59 Å². The summed E-state index contributed by atoms with van der Waals surface area (Å²) in [6.07, 6.45) is 2.45. The van der Waals surface area contributed by atoms with Crippen molar-refractivity contribution in [3.63, 3.8) is 0 Å². The maximum Gasteiger partial charge on any atom is 0.306 e. The molecule has 8 heteroatoms. The molecule has 0 radical (unpaired) electrons. The van der Waals surface area contributed by atoms with Gasteiger partial charge in [0.15, 0.2) is 0 Å². The summed E-state index contributed by atoms with van der Waals surface area (Å²) < 4.78 is 23.4. The van der Waals surface area contributed by atoms with Crippen LogP contribution in [-0.4, -0.2) is 40.0 Å². The molecule has 1 aliphatic rings. The van der Waals surface area contributed by atoms with Crippen molar-refractivity contribution in [1.29, 1.82) is 0 Å². The molecular formula is C23H22FN3O4. The van der Waals surface area contributed by atoms with Gasteiger partial charge < -0.3 is 14.2 Å². The first-order valence-electron chi connectivity index (χ1n) is 10.2. The van der Waals surface area contributed by atoms with Gasteiger partial charge in [0, 0.05) is 30.6 Å². The smallest absolute Gasteiger partial charge is 0.306 e. The molecule has 160 valence electrons. The van der Waals surface area contributed by atoms with Crippen molar-refractivity contribution in [1.82, 2.24) is 15.0 Å². The number of aromatic nitrogens is 2. The third-order valence-electron chi connectivity index (χ3n) is 5.11. The van der Waals surface area contributed by atoms with Crippen LogP contribution >= 0.6 is 0 Å². The van der Waals surface area contributed by atoms with E-state index in [-0.39, 0.29) is 31.2 Å². The zero-order chi connectivity index (χ0) is 21.6. The summed E-state index contributed by atoms with van der Waals surface area (Å²) in [5.74, 6) is -0.0459. The minimum absolute atomic E-state index is 0.0422. The second kappa shape index (κ2) is 9.51. The molecule has 7 nitrogen and oxygen atoms in total. The van der Waals surface area contributed by atoms with Crippen LogP contribution in [0.15, 0.2) is 53.1 Å². The summed E-state index contributed by atoms with van der Waals surface area (Å²) in [5.41, 5.74) is 2.08. The number of halogens is 1. The number of hydrogen-bond donors (Lipinski definition) is 0. The molecule has 0 atom stereocenters. The third kappa shape index (κ3) is 5.33. The van der Waals surface area contributed by atoms with E-state index in [9.17, 15) is 14.0 Å². The minimum atomic E-state index is -0.390. The van der Waals surface area contributed by atoms with Crippen molar-refractivity contribution in [3.8, 4) is 11.4 Å². The third-order valence-corrected chi connectivity index (χ3v) is 5.11. The lowest BCUT2D eigenvalue weighted by Crippen LogP contribution is -2.27. The normalized spacial score (nSPS) is 13.4. The van der Waals surface area contributed by atoms with Gasteiger partial charge >= 0.3 is 5.97 Å². The molecule has 1 amide bonds. The molecule has 1 aliphatic heterocycles. The lowest BCUT2D eigenvalue weighted by atomic mass is 10.1. The van der Waals surface area contributed by atoms with Gasteiger partial charge in [0.25, 0.3) is 5.91 Å². The molecule has 0 bridgehead atoms. The number of benzene rings is 2. The van der Waals surface area contributed by atoms with Crippen molar-refractivity contribution in [2.45, 2.75) is 32.3 Å². The molecule has 0 saturated carbocycles. The minimum Gasteiger partial charge on any atom is -0.461 e. The Labute approximate surface area is 178 Å². The summed E-state index contributed by atoms with van der Waals surface area (Å²) in [6, 6.07) is 12.9. The number of aryl methyl sites for hydroxylation is 1. The highest BCUT2D eigenvalue weighted by molar-refractivity contribution is 5.94. The molecule has 3 aromatic rings. The fraction of sp³-hybridized carbons (Fsp3) is 0.304. The van der Waals surface area contributed by atoms with Gasteiger partial charge in [-0.2, -0.15) is 4.98 Å². The first kappa shape index (κ1) is 20.7. The number of ether oxygens (including phenoxy) is 1. The Morgan fingerprint density at radius 3 is 2.45 bits per heavy atom. The lowest BCUT2D eigenvalue weighted by Gasteiger charge is -2.15. The highest BCUT2D eigenvalue weighted by Crippen LogP contribution is 2.17. The standard InChI is InChI=1S/C23H22FN3O4/c24-19-9-7-17(8-10-19)22-25-20(31-26-22)11-12-21(28)30-15-16-3-5-18(6-4-16)23(29)27-13-1-2-14-27/h3-10H,1-2,11-15H2. The Morgan fingerprint density at radius 2 is 1.74 bits per heavy atom. The predicted molar refractivity (Wildman–Crippen MR) is 109 cm³/mol. The Bertz CT molecular complexity index is 1040. The van der Waals surface area contributed by atoms with Crippen LogP contribution in [0.1, 0.15) is 41.1 Å². The van der Waals surface area contributed by atoms with Crippen LogP contribution in [0.5, 0.6) is 0 Å². The molecule has 4 rings (SSSR count). The SMILES string of the molecule is O=C(CCc1nc(-c2ccc(F)cc2)no1)OCc1ccc(C(=O)N2CCCC2)cc1. The Kier molecular flexibility index (Phi) is 6.35. The van der Waals surface area contributed by atoms with E-state index in [1.807, 2.05) is 4.90 Å². The van der Waals surface area contributed by atoms with Gasteiger partial charge in [-0.15, -0.1) is 0 Å². The summed E-state index contributed by atoms with van der Waals surface area (Å²) in [4.78, 5) is 30.5. The van der Waals surface area contributed by atoms with Gasteiger partial charge in [-0.1, -0.05) is 17.3 Å². The Balaban J connectivity index is 1.23. The summed E-state index contributed by atoms with van der Waals surface area (Å²) in [7, 11) is 0. The number of nitrogens with zero attached hydrogens (tertiary/aromatic N) is 3. The fourth-order valence-corrected chi connectivity index (χ4v) is 3.36. The van der Waals surface area contributed by atoms with Crippen LogP contribution in [0.25, 0.3) is 11.4 Å². The van der Waals surface area contributed by atoms with Gasteiger partial charge in [0.1, 0.15) is 12.4 Å². The molecule has 31 heavy (non-hydrogen) atoms. The molecule has 0 spiro atoms. The van der Waals surface area contributed by atoms with Crippen molar-refractivity contribution in [2.75, 3.05) is 13.1 Å². The van der Waals surface area contributed by atoms with Crippen LogP contribution in [-0.2, 0) is 22.6 Å². The Hall–Kier alpha value is -3.55. The summed E-state index contributed by atoms with van der Waals surface area (Å²) in [6.45, 7) is 1.74. The number of amides is 1. The van der Waals surface area contributed by atoms with Crippen molar-refractivity contribution in [2.24, 2.45) is 0 Å². The van der Waals surface area contributed by atoms with Crippen LogP contribution in [0.3, 0.4) is 0 Å². The van der Waals surface area contributed by atoms with Gasteiger partial charge in [0.05, 0.1) is 6.42 Å². The number of carbonyl (C=O) groups is 2. The van der Waals surface area contributed by atoms with E-state index in [2.05, 4.69) is 10.1 Å². The summed E-state index contributed by atoms with van der Waals surface area (Å²) >= 11 is 0. The zero-order valence-corrected chi connectivity index (χ0v) is 16.9. The molecular weight excluding hydrogens is 401 g/mol. The topological polar surface area (TPSA) is 85.5 Å². The first-order valence-corrected chi connectivity index (χ1v) is 10.2. The number of hydrogen-bond acceptors (Lipinski definition) is 6. The quantitative estimate of drug-likeness (QED) is 0.538. The van der Waals surface area contributed by atoms with Crippen molar-refractivity contribution >= 4 is 11.9 Å². The van der Waals surface area contributed by atoms with Crippen LogP contribution in [0.2, 0.25) is 0 Å². The van der Waals surface area contributed by atoms with E-state index < -0.39 is 5.97 Å². The molecule has 2 heterocycles. The molecule has 1 aromatic heterocycles. The van der Waals surface area contributed by atoms with Crippen LogP contribution < -0.4 is 0 Å². The molecule has 1 saturated heterocycles. The second-order valence-electron chi connectivity index (χ2n) is 7.38. The highest BCUT2D eigenvalue weighted by atomic mass is 19.1. The number of carbonyl (C=O) groups excluding carboxylic acids is 2. The van der Waals surface area contributed by atoms with Gasteiger partial charge in [-0.25, -0.2) is 4.39 Å². The molecule has 0 N–H and O–H groups in total. The van der Waals surface area contributed by atoms with Crippen LogP contribution in [0, 0.1) is 5.82 Å². The van der Waals surface area contributed by atoms with E-state index in [0.29, 0.717) is 22.8 Å². The van der Waals surface area contributed by atoms with Crippen LogP contribution in [0.4, 0.5) is 4.39 Å². The first-order chi connectivity index (χ1) is 15.1. The predicted octanol–water partition coefficient (Wildman–Crippen LogP) is 3.79. The van der Waals surface area contributed by atoms with E-state index in [1.54, 1.807) is 36.4 Å². The monoisotopic (exact) mass is 423 g/mol. The zero-order valence-electron chi connectivity index (χ0n) is 16.9. The Morgan fingerprint density at radius 1 is 1.03 bits per heavy atom. The molecule has 0 aliphatic carbocycles. The van der Waals surface area contributed by atoms with Gasteiger partial charge in [-0.05, 0) is 54.8 Å². The maximum atomic E-state index is 13.0. The van der Waals surface area contributed by atoms with E-state index >= 15 is 0 Å². The van der Waals surface area contributed by atoms with Crippen molar-refractivity contribution < 1.29 is 23.2 Å². The number of rotatable bonds is 7. The highest BCUT2D eigenvalue weighted by Gasteiger charge is 2.19. The van der Waals surface area contributed by atoms with E-state index in [0.717, 1.165) is 31.5 Å². The van der Waals surface area contributed by atoms with Gasteiger partial charge in [0.2, 0.25) is 11.7 Å². The average molecular weight is 423 g/mol. The lowest BCUT2D eigenvalue weighted by molar-refractivity contribution is -0.145. The fourth-order valence-electron chi connectivity index (χ4n) is 3.36.